The third kappa shape index (κ3) is 6.47. The van der Waals surface area contributed by atoms with E-state index < -0.39 is 0 Å². The molecule has 1 aromatic heterocycles. The molecule has 0 bridgehead atoms. The second kappa shape index (κ2) is 11.6. The lowest BCUT2D eigenvalue weighted by Gasteiger charge is -2.22. The minimum atomic E-state index is 0.248. The predicted molar refractivity (Wildman–Crippen MR) is 120 cm³/mol. The first-order chi connectivity index (χ1) is 13.6. The van der Waals surface area contributed by atoms with Crippen LogP contribution in [0.3, 0.4) is 0 Å². The molecule has 0 aliphatic carbocycles. The smallest absolute Gasteiger partial charge is 0.0855 e. The molecule has 1 aromatic carbocycles. The number of hydrogen-bond donors (Lipinski definition) is 2. The van der Waals surface area contributed by atoms with Gasteiger partial charge in [-0.05, 0) is 80.6 Å². The minimum Gasteiger partial charge on any atom is -0.390 e. The molecular weight excluding hydrogens is 368 g/mol. The average molecular weight is 399 g/mol. The Morgan fingerprint density at radius 2 is 2.18 bits per heavy atom. The largest absolute Gasteiger partial charge is 0.390 e. The van der Waals surface area contributed by atoms with Crippen LogP contribution < -0.4 is 11.1 Å². The number of aryl methyl sites for hydroxylation is 2. The van der Waals surface area contributed by atoms with Gasteiger partial charge >= 0.3 is 0 Å². The molecule has 0 spiro atoms. The summed E-state index contributed by atoms with van der Waals surface area (Å²) in [5, 5.41) is 4.33. The number of rotatable bonds is 11. The van der Waals surface area contributed by atoms with Gasteiger partial charge in [0, 0.05) is 22.8 Å². The quantitative estimate of drug-likeness (QED) is 0.318. The average Bonchev–Trinajstić information content (AvgIpc) is 2.69. The summed E-state index contributed by atoms with van der Waals surface area (Å²) in [6.07, 6.45) is 6.95. The molecule has 0 fully saturated rings. The number of pyridine rings is 1. The summed E-state index contributed by atoms with van der Waals surface area (Å²) in [7, 11) is 0. The molecule has 1 atom stereocenters. The van der Waals surface area contributed by atoms with E-state index in [1.54, 1.807) is 0 Å². The van der Waals surface area contributed by atoms with Crippen LogP contribution in [0.2, 0.25) is 5.02 Å². The third-order valence-electron chi connectivity index (χ3n) is 4.93. The molecule has 2 rings (SSSR count). The Labute approximate surface area is 173 Å². The second-order valence-electron chi connectivity index (χ2n) is 6.94. The fraction of sp³-hybridized carbons (Fsp3) is 0.391. The summed E-state index contributed by atoms with van der Waals surface area (Å²) in [6.45, 7) is 10.0. The molecule has 0 aliphatic rings. The number of nitrogens with zero attached hydrogens (tertiary/aromatic N) is 2. The van der Waals surface area contributed by atoms with Gasteiger partial charge in [0.05, 0.1) is 12.0 Å². The van der Waals surface area contributed by atoms with Crippen LogP contribution in [0.25, 0.3) is 0 Å². The Morgan fingerprint density at radius 3 is 2.89 bits per heavy atom. The van der Waals surface area contributed by atoms with E-state index in [1.165, 1.54) is 23.0 Å². The highest BCUT2D eigenvalue weighted by Gasteiger charge is 2.20. The van der Waals surface area contributed by atoms with Gasteiger partial charge in [-0.3, -0.25) is 4.98 Å². The van der Waals surface area contributed by atoms with Crippen LogP contribution in [-0.4, -0.2) is 24.4 Å². The zero-order valence-electron chi connectivity index (χ0n) is 16.9. The van der Waals surface area contributed by atoms with Gasteiger partial charge in [-0.25, -0.2) is 4.99 Å². The van der Waals surface area contributed by atoms with Gasteiger partial charge in [-0.1, -0.05) is 37.2 Å². The minimum absolute atomic E-state index is 0.248. The van der Waals surface area contributed by atoms with E-state index in [2.05, 4.69) is 48.9 Å². The number of nitrogens with two attached hydrogens (primary N) is 1. The number of aliphatic imine (C=N–C) groups is 1. The summed E-state index contributed by atoms with van der Waals surface area (Å²) in [5.74, 6) is 0.248. The third-order valence-corrected chi connectivity index (χ3v) is 5.16. The Hall–Kier alpha value is -2.17. The van der Waals surface area contributed by atoms with Crippen molar-refractivity contribution in [2.24, 2.45) is 10.7 Å². The Kier molecular flexibility index (Phi) is 9.18. The molecule has 150 valence electrons. The van der Waals surface area contributed by atoms with E-state index >= 15 is 0 Å². The monoisotopic (exact) mass is 398 g/mol. The van der Waals surface area contributed by atoms with Crippen LogP contribution >= 0.6 is 11.6 Å². The SMILES string of the molecule is C=C(CCCNCCC(c1ccc(Cl)cc1CC)c1ncccc1C)N=CN. The Balaban J connectivity index is 2.07. The highest BCUT2D eigenvalue weighted by Crippen LogP contribution is 2.32. The summed E-state index contributed by atoms with van der Waals surface area (Å²) in [4.78, 5) is 8.71. The van der Waals surface area contributed by atoms with Crippen LogP contribution in [0.5, 0.6) is 0 Å². The Morgan fingerprint density at radius 1 is 1.36 bits per heavy atom. The van der Waals surface area contributed by atoms with Crippen LogP contribution in [0.15, 0.2) is 53.8 Å². The standard InChI is InChI=1S/C23H31ClN4/c1-4-19-15-20(24)9-10-21(19)22(23-17(2)7-5-13-27-23)11-14-26-12-6-8-18(3)28-16-25/h5,7,9-10,13,15-16,22,26H,3-4,6,8,11-12,14H2,1-2H3,(H2,25,28). The van der Waals surface area contributed by atoms with Crippen molar-refractivity contribution in [3.63, 3.8) is 0 Å². The first-order valence-corrected chi connectivity index (χ1v) is 10.3. The molecule has 2 aromatic rings. The van der Waals surface area contributed by atoms with Crippen molar-refractivity contribution in [2.75, 3.05) is 13.1 Å². The summed E-state index contributed by atoms with van der Waals surface area (Å²) >= 11 is 6.23. The van der Waals surface area contributed by atoms with E-state index in [0.29, 0.717) is 0 Å². The van der Waals surface area contributed by atoms with Gasteiger partial charge in [0.1, 0.15) is 0 Å². The predicted octanol–water partition coefficient (Wildman–Crippen LogP) is 5.00. The molecule has 0 radical (unpaired) electrons. The number of halogens is 1. The molecule has 0 aliphatic heterocycles. The number of aromatic nitrogens is 1. The van der Waals surface area contributed by atoms with Crippen LogP contribution in [0.1, 0.15) is 54.5 Å². The lowest BCUT2D eigenvalue weighted by atomic mass is 9.86. The van der Waals surface area contributed by atoms with E-state index in [4.69, 9.17) is 22.3 Å². The number of hydrogen-bond acceptors (Lipinski definition) is 3. The van der Waals surface area contributed by atoms with Gasteiger partial charge in [0.25, 0.3) is 0 Å². The molecule has 0 saturated heterocycles. The first kappa shape index (κ1) is 22.1. The van der Waals surface area contributed by atoms with Crippen LogP contribution in [0, 0.1) is 6.92 Å². The van der Waals surface area contributed by atoms with E-state index in [9.17, 15) is 0 Å². The van der Waals surface area contributed by atoms with Gasteiger partial charge in [-0.2, -0.15) is 0 Å². The van der Waals surface area contributed by atoms with Gasteiger partial charge in [-0.15, -0.1) is 0 Å². The van der Waals surface area contributed by atoms with Crippen molar-refractivity contribution in [3.05, 3.63) is 76.2 Å². The topological polar surface area (TPSA) is 63.3 Å². The van der Waals surface area contributed by atoms with Gasteiger partial charge in [0.2, 0.25) is 0 Å². The lowest BCUT2D eigenvalue weighted by Crippen LogP contribution is -2.20. The zero-order chi connectivity index (χ0) is 20.4. The molecule has 0 amide bonds. The molecular formula is C23H31ClN4. The maximum absolute atomic E-state index is 6.23. The maximum Gasteiger partial charge on any atom is 0.0855 e. The van der Waals surface area contributed by atoms with E-state index in [-0.39, 0.29) is 5.92 Å². The summed E-state index contributed by atoms with van der Waals surface area (Å²) < 4.78 is 0. The fourth-order valence-corrected chi connectivity index (χ4v) is 3.68. The summed E-state index contributed by atoms with van der Waals surface area (Å²) in [6, 6.07) is 10.4. The number of nitrogens with one attached hydrogen (secondary N) is 1. The van der Waals surface area contributed by atoms with Crippen molar-refractivity contribution in [2.45, 2.75) is 45.4 Å². The Bertz CT molecular complexity index is 801. The molecule has 1 unspecified atom stereocenters. The zero-order valence-corrected chi connectivity index (χ0v) is 17.7. The molecule has 3 N–H and O–H groups in total. The van der Waals surface area contributed by atoms with Gasteiger partial charge in [0.15, 0.2) is 0 Å². The van der Waals surface area contributed by atoms with E-state index in [1.807, 2.05) is 18.3 Å². The van der Waals surface area contributed by atoms with Crippen molar-refractivity contribution in [3.8, 4) is 0 Å². The first-order valence-electron chi connectivity index (χ1n) is 9.89. The maximum atomic E-state index is 6.23. The van der Waals surface area contributed by atoms with Crippen molar-refractivity contribution >= 4 is 17.9 Å². The van der Waals surface area contributed by atoms with Crippen molar-refractivity contribution < 1.29 is 0 Å². The molecule has 28 heavy (non-hydrogen) atoms. The van der Waals surface area contributed by atoms with Crippen LogP contribution in [-0.2, 0) is 6.42 Å². The van der Waals surface area contributed by atoms with Crippen LogP contribution in [0.4, 0.5) is 0 Å². The lowest BCUT2D eigenvalue weighted by molar-refractivity contribution is 0.585. The fourth-order valence-electron chi connectivity index (χ4n) is 3.48. The van der Waals surface area contributed by atoms with Crippen molar-refractivity contribution in [1.29, 1.82) is 0 Å². The highest BCUT2D eigenvalue weighted by molar-refractivity contribution is 6.30. The second-order valence-corrected chi connectivity index (χ2v) is 7.38. The summed E-state index contributed by atoms with van der Waals surface area (Å²) in [5.41, 5.74) is 11.1. The normalized spacial score (nSPS) is 12.4. The molecule has 4 nitrogen and oxygen atoms in total. The number of benzene rings is 1. The van der Waals surface area contributed by atoms with Gasteiger partial charge < -0.3 is 11.1 Å². The van der Waals surface area contributed by atoms with Crippen molar-refractivity contribution in [1.82, 2.24) is 10.3 Å². The molecule has 5 heteroatoms. The molecule has 1 heterocycles. The number of allylic oxidation sites excluding steroid dienone is 1. The highest BCUT2D eigenvalue weighted by atomic mass is 35.5. The molecule has 0 saturated carbocycles. The van der Waals surface area contributed by atoms with E-state index in [0.717, 1.165) is 55.2 Å².